The summed E-state index contributed by atoms with van der Waals surface area (Å²) in [6, 6.07) is 10.6. The fourth-order valence-electron chi connectivity index (χ4n) is 2.03. The lowest BCUT2D eigenvalue weighted by atomic mass is 10.2. The van der Waals surface area contributed by atoms with Crippen LogP contribution in [0.1, 0.15) is 11.1 Å². The van der Waals surface area contributed by atoms with Crippen LogP contribution in [0.3, 0.4) is 0 Å². The summed E-state index contributed by atoms with van der Waals surface area (Å²) < 4.78 is 0. The van der Waals surface area contributed by atoms with Gasteiger partial charge in [-0.05, 0) is 24.3 Å². The third kappa shape index (κ3) is 4.25. The number of aromatic hydroxyl groups is 2. The third-order valence-corrected chi connectivity index (χ3v) is 3.52. The first-order valence-corrected chi connectivity index (χ1v) is 7.45. The van der Waals surface area contributed by atoms with Gasteiger partial charge in [0, 0.05) is 62.8 Å². The molecule has 0 bridgehead atoms. The Morgan fingerprint density at radius 2 is 1.08 bits per heavy atom. The molecular formula is C18H22N4O2. The van der Waals surface area contributed by atoms with Crippen LogP contribution in [-0.2, 0) is 0 Å². The van der Waals surface area contributed by atoms with E-state index in [0.29, 0.717) is 11.1 Å². The van der Waals surface area contributed by atoms with E-state index in [1.807, 2.05) is 50.1 Å². The Morgan fingerprint density at radius 1 is 0.708 bits per heavy atom. The van der Waals surface area contributed by atoms with E-state index >= 15 is 0 Å². The van der Waals surface area contributed by atoms with Gasteiger partial charge in [0.1, 0.15) is 11.5 Å². The van der Waals surface area contributed by atoms with E-state index in [2.05, 4.69) is 10.2 Å². The second-order valence-corrected chi connectivity index (χ2v) is 5.76. The number of rotatable bonds is 5. The molecule has 0 aliphatic rings. The summed E-state index contributed by atoms with van der Waals surface area (Å²) >= 11 is 0. The van der Waals surface area contributed by atoms with Gasteiger partial charge in [-0.1, -0.05) is 0 Å². The Hall–Kier alpha value is -3.02. The molecule has 0 fully saturated rings. The SMILES string of the molecule is CN(C)c1ccc(/C=N/N=C/c2ccc(N(C)C)cc2O)c(O)c1. The molecule has 0 saturated heterocycles. The van der Waals surface area contributed by atoms with Gasteiger partial charge in [-0.25, -0.2) is 0 Å². The van der Waals surface area contributed by atoms with E-state index < -0.39 is 0 Å². The Labute approximate surface area is 142 Å². The van der Waals surface area contributed by atoms with Crippen LogP contribution >= 0.6 is 0 Å². The summed E-state index contributed by atoms with van der Waals surface area (Å²) in [5.41, 5.74) is 2.95. The fourth-order valence-corrected chi connectivity index (χ4v) is 2.03. The van der Waals surface area contributed by atoms with Crippen LogP contribution in [0.4, 0.5) is 11.4 Å². The fraction of sp³-hybridized carbons (Fsp3) is 0.222. The van der Waals surface area contributed by atoms with Crippen molar-refractivity contribution in [2.75, 3.05) is 38.0 Å². The lowest BCUT2D eigenvalue weighted by Crippen LogP contribution is -2.08. The lowest BCUT2D eigenvalue weighted by Gasteiger charge is -2.13. The minimum absolute atomic E-state index is 0.137. The van der Waals surface area contributed by atoms with Gasteiger partial charge in [-0.2, -0.15) is 10.2 Å². The van der Waals surface area contributed by atoms with Gasteiger partial charge in [0.15, 0.2) is 0 Å². The summed E-state index contributed by atoms with van der Waals surface area (Å²) in [5.74, 6) is 0.275. The molecule has 2 rings (SSSR count). The van der Waals surface area contributed by atoms with Crippen LogP contribution in [0.15, 0.2) is 46.6 Å². The number of hydrogen-bond donors (Lipinski definition) is 2. The van der Waals surface area contributed by atoms with Crippen molar-refractivity contribution in [1.29, 1.82) is 0 Å². The smallest absolute Gasteiger partial charge is 0.126 e. The van der Waals surface area contributed by atoms with Crippen LogP contribution in [-0.4, -0.2) is 50.8 Å². The van der Waals surface area contributed by atoms with Crippen molar-refractivity contribution in [3.05, 3.63) is 47.5 Å². The quantitative estimate of drug-likeness (QED) is 0.654. The van der Waals surface area contributed by atoms with Crippen LogP contribution < -0.4 is 9.80 Å². The summed E-state index contributed by atoms with van der Waals surface area (Å²) in [6.07, 6.45) is 2.94. The first-order valence-electron chi connectivity index (χ1n) is 7.45. The zero-order valence-corrected chi connectivity index (χ0v) is 14.3. The van der Waals surface area contributed by atoms with E-state index in [-0.39, 0.29) is 11.5 Å². The monoisotopic (exact) mass is 326 g/mol. The van der Waals surface area contributed by atoms with Gasteiger partial charge < -0.3 is 20.0 Å². The normalized spacial score (nSPS) is 11.3. The predicted octanol–water partition coefficient (Wildman–Crippen LogP) is 2.68. The molecule has 0 atom stereocenters. The van der Waals surface area contributed by atoms with Crippen molar-refractivity contribution in [3.63, 3.8) is 0 Å². The first kappa shape index (κ1) is 17.3. The molecule has 0 aliphatic carbocycles. The molecule has 0 radical (unpaired) electrons. The highest BCUT2D eigenvalue weighted by molar-refractivity contribution is 5.87. The molecule has 2 aromatic carbocycles. The first-order chi connectivity index (χ1) is 11.4. The van der Waals surface area contributed by atoms with E-state index in [9.17, 15) is 10.2 Å². The van der Waals surface area contributed by atoms with Crippen LogP contribution in [0, 0.1) is 0 Å². The molecule has 0 spiro atoms. The summed E-state index contributed by atoms with van der Waals surface area (Å²) in [5, 5.41) is 27.8. The number of benzene rings is 2. The standard InChI is InChI=1S/C18H22N4O2/c1-21(2)15-7-5-13(17(23)9-15)11-19-20-12-14-6-8-16(22(3)4)10-18(14)24/h5-12,23-24H,1-4H3/b19-11+,20-12+. The number of phenolic OH excluding ortho intramolecular Hbond substituents is 2. The summed E-state index contributed by atoms with van der Waals surface area (Å²) in [7, 11) is 7.61. The highest BCUT2D eigenvalue weighted by Gasteiger charge is 2.03. The Morgan fingerprint density at radius 3 is 1.38 bits per heavy atom. The number of nitrogens with zero attached hydrogens (tertiary/aromatic N) is 4. The second kappa shape index (κ2) is 7.50. The maximum absolute atomic E-state index is 9.97. The van der Waals surface area contributed by atoms with Gasteiger partial charge in [-0.3, -0.25) is 0 Å². The van der Waals surface area contributed by atoms with Crippen molar-refractivity contribution in [2.45, 2.75) is 0 Å². The van der Waals surface area contributed by atoms with Crippen molar-refractivity contribution in [3.8, 4) is 11.5 Å². The number of phenols is 2. The molecule has 0 unspecified atom stereocenters. The molecule has 0 saturated carbocycles. The highest BCUT2D eigenvalue weighted by atomic mass is 16.3. The molecule has 2 aromatic rings. The average Bonchev–Trinajstić information content (AvgIpc) is 2.53. The third-order valence-electron chi connectivity index (χ3n) is 3.52. The molecule has 6 heteroatoms. The zero-order valence-electron chi connectivity index (χ0n) is 14.3. The molecule has 0 heterocycles. The van der Waals surface area contributed by atoms with Gasteiger partial charge in [0.25, 0.3) is 0 Å². The lowest BCUT2D eigenvalue weighted by molar-refractivity contribution is 0.474. The van der Waals surface area contributed by atoms with Crippen molar-refractivity contribution in [2.24, 2.45) is 10.2 Å². The molecule has 2 N–H and O–H groups in total. The van der Waals surface area contributed by atoms with Gasteiger partial charge in [0.2, 0.25) is 0 Å². The van der Waals surface area contributed by atoms with Crippen molar-refractivity contribution in [1.82, 2.24) is 0 Å². The average molecular weight is 326 g/mol. The minimum atomic E-state index is 0.137. The molecule has 24 heavy (non-hydrogen) atoms. The Bertz CT molecular complexity index is 702. The van der Waals surface area contributed by atoms with Crippen molar-refractivity contribution >= 4 is 23.8 Å². The molecule has 6 nitrogen and oxygen atoms in total. The Balaban J connectivity index is 2.10. The predicted molar refractivity (Wildman–Crippen MR) is 100 cm³/mol. The van der Waals surface area contributed by atoms with E-state index in [0.717, 1.165) is 11.4 Å². The minimum Gasteiger partial charge on any atom is -0.507 e. The summed E-state index contributed by atoms with van der Waals surface area (Å²) in [4.78, 5) is 3.80. The topological polar surface area (TPSA) is 71.7 Å². The number of hydrogen-bond acceptors (Lipinski definition) is 6. The number of anilines is 2. The molecule has 0 aromatic heterocycles. The largest absolute Gasteiger partial charge is 0.507 e. The highest BCUT2D eigenvalue weighted by Crippen LogP contribution is 2.23. The van der Waals surface area contributed by atoms with Crippen molar-refractivity contribution < 1.29 is 10.2 Å². The van der Waals surface area contributed by atoms with Gasteiger partial charge in [-0.15, -0.1) is 0 Å². The maximum Gasteiger partial charge on any atom is 0.126 e. The van der Waals surface area contributed by atoms with E-state index in [4.69, 9.17) is 0 Å². The Kier molecular flexibility index (Phi) is 5.42. The summed E-state index contributed by atoms with van der Waals surface area (Å²) in [6.45, 7) is 0. The molecule has 0 aliphatic heterocycles. The van der Waals surface area contributed by atoms with Gasteiger partial charge >= 0.3 is 0 Å². The van der Waals surface area contributed by atoms with Crippen LogP contribution in [0.25, 0.3) is 0 Å². The second-order valence-electron chi connectivity index (χ2n) is 5.76. The maximum atomic E-state index is 9.97. The zero-order chi connectivity index (χ0) is 17.7. The van der Waals surface area contributed by atoms with Gasteiger partial charge in [0.05, 0.1) is 12.4 Å². The van der Waals surface area contributed by atoms with E-state index in [1.165, 1.54) is 12.4 Å². The molecular weight excluding hydrogens is 304 g/mol. The van der Waals surface area contributed by atoms with Crippen LogP contribution in [0.5, 0.6) is 11.5 Å². The van der Waals surface area contributed by atoms with Crippen LogP contribution in [0.2, 0.25) is 0 Å². The molecule has 0 amide bonds. The molecule has 126 valence electrons. The van der Waals surface area contributed by atoms with E-state index in [1.54, 1.807) is 24.3 Å².